The zero-order valence-electron chi connectivity index (χ0n) is 11.4. The van der Waals surface area contributed by atoms with Crippen molar-refractivity contribution >= 4 is 22.6 Å². The Balaban J connectivity index is 2.12. The third-order valence-electron chi connectivity index (χ3n) is 3.57. The first-order valence-electron chi connectivity index (χ1n) is 6.55. The van der Waals surface area contributed by atoms with Crippen molar-refractivity contribution in [1.82, 2.24) is 0 Å². The molecular weight excluding hydrogens is 335 g/mol. The van der Waals surface area contributed by atoms with E-state index in [4.69, 9.17) is 4.74 Å². The number of hydrogen-bond donors (Lipinski definition) is 0. The maximum Gasteiger partial charge on any atom is 0.123 e. The molecule has 0 aromatic heterocycles. The summed E-state index contributed by atoms with van der Waals surface area (Å²) >= 11 is 2.54. The number of hydrogen-bond acceptors (Lipinski definition) is 1. The van der Waals surface area contributed by atoms with Crippen LogP contribution < -0.4 is 4.74 Å². The maximum absolute atomic E-state index is 6.28. The van der Waals surface area contributed by atoms with Crippen LogP contribution in [-0.4, -0.2) is 9.53 Å². The fourth-order valence-electron chi connectivity index (χ4n) is 2.35. The molecule has 0 N–H and O–H groups in total. The average molecular weight is 356 g/mol. The Kier molecular flexibility index (Phi) is 4.36. The van der Waals surface area contributed by atoms with Crippen LogP contribution in [0.15, 0.2) is 35.9 Å². The molecule has 0 aliphatic carbocycles. The predicted molar refractivity (Wildman–Crippen MR) is 85.7 cm³/mol. The van der Waals surface area contributed by atoms with Crippen molar-refractivity contribution in [3.8, 4) is 5.75 Å². The fourth-order valence-corrected chi connectivity index (χ4v) is 3.26. The second-order valence-corrected chi connectivity index (χ2v) is 7.02. The van der Waals surface area contributed by atoms with Gasteiger partial charge in [-0.25, -0.2) is 0 Å². The molecule has 98 valence electrons. The van der Waals surface area contributed by atoms with Gasteiger partial charge in [-0.2, -0.15) is 0 Å². The third kappa shape index (κ3) is 3.08. The topological polar surface area (TPSA) is 9.23 Å². The molecule has 0 bridgehead atoms. The highest BCUT2D eigenvalue weighted by Crippen LogP contribution is 2.39. The average Bonchev–Trinajstić information content (AvgIpc) is 2.30. The van der Waals surface area contributed by atoms with Gasteiger partial charge in [-0.05, 0) is 51.7 Å². The van der Waals surface area contributed by atoms with Gasteiger partial charge in [0.25, 0.3) is 0 Å². The smallest absolute Gasteiger partial charge is 0.123 e. The molecule has 0 fully saturated rings. The molecule has 2 rings (SSSR count). The SMILES string of the molecule is CC(C)=CCC[C@@]1(C)Oc2ccccc2C[C@@H]1I. The van der Waals surface area contributed by atoms with E-state index in [2.05, 4.69) is 73.7 Å². The number of allylic oxidation sites excluding steroid dienone is 2. The highest BCUT2D eigenvalue weighted by atomic mass is 127. The Hall–Kier alpha value is -0.510. The molecule has 1 aliphatic heterocycles. The van der Waals surface area contributed by atoms with Crippen LogP contribution in [0.4, 0.5) is 0 Å². The number of rotatable bonds is 3. The Morgan fingerprint density at radius 1 is 1.44 bits per heavy atom. The van der Waals surface area contributed by atoms with Gasteiger partial charge in [0.2, 0.25) is 0 Å². The highest BCUT2D eigenvalue weighted by Gasteiger charge is 2.38. The quantitative estimate of drug-likeness (QED) is 0.424. The molecule has 0 amide bonds. The van der Waals surface area contributed by atoms with Crippen molar-refractivity contribution in [1.29, 1.82) is 0 Å². The van der Waals surface area contributed by atoms with Crippen LogP contribution in [0.5, 0.6) is 5.75 Å². The summed E-state index contributed by atoms with van der Waals surface area (Å²) in [5, 5.41) is 0. The van der Waals surface area contributed by atoms with Gasteiger partial charge in [-0.1, -0.05) is 52.4 Å². The van der Waals surface area contributed by atoms with E-state index < -0.39 is 0 Å². The minimum atomic E-state index is -0.0408. The van der Waals surface area contributed by atoms with Crippen LogP contribution in [-0.2, 0) is 6.42 Å². The number of halogens is 1. The summed E-state index contributed by atoms with van der Waals surface area (Å²) in [6.07, 6.45) is 5.60. The monoisotopic (exact) mass is 356 g/mol. The van der Waals surface area contributed by atoms with E-state index in [1.165, 1.54) is 11.1 Å². The lowest BCUT2D eigenvalue weighted by atomic mass is 9.88. The molecule has 2 atom stereocenters. The lowest BCUT2D eigenvalue weighted by Crippen LogP contribution is -2.45. The minimum absolute atomic E-state index is 0.0408. The molecular formula is C16H21IO. The molecule has 2 heteroatoms. The van der Waals surface area contributed by atoms with E-state index >= 15 is 0 Å². The molecule has 0 saturated carbocycles. The first kappa shape index (κ1) is 13.9. The summed E-state index contributed by atoms with van der Waals surface area (Å²) in [6, 6.07) is 8.42. The van der Waals surface area contributed by atoms with E-state index in [9.17, 15) is 0 Å². The molecule has 1 aromatic carbocycles. The molecule has 1 nitrogen and oxygen atoms in total. The summed E-state index contributed by atoms with van der Waals surface area (Å²) in [7, 11) is 0. The Labute approximate surface area is 124 Å². The third-order valence-corrected chi connectivity index (χ3v) is 5.33. The number of fused-ring (bicyclic) bond motifs is 1. The first-order chi connectivity index (χ1) is 8.51. The van der Waals surface area contributed by atoms with Crippen LogP contribution in [0, 0.1) is 0 Å². The lowest BCUT2D eigenvalue weighted by Gasteiger charge is -2.40. The van der Waals surface area contributed by atoms with Gasteiger partial charge < -0.3 is 4.74 Å². The Bertz CT molecular complexity index is 448. The van der Waals surface area contributed by atoms with Gasteiger partial charge in [0.15, 0.2) is 0 Å². The number of ether oxygens (including phenoxy) is 1. The second-order valence-electron chi connectivity index (χ2n) is 5.51. The zero-order valence-corrected chi connectivity index (χ0v) is 13.5. The molecule has 0 radical (unpaired) electrons. The predicted octanol–water partition coefficient (Wildman–Crippen LogP) is 4.93. The Morgan fingerprint density at radius 3 is 2.89 bits per heavy atom. The first-order valence-corrected chi connectivity index (χ1v) is 7.80. The second kappa shape index (κ2) is 5.64. The summed E-state index contributed by atoms with van der Waals surface area (Å²) in [6.45, 7) is 6.56. The molecule has 1 heterocycles. The number of benzene rings is 1. The molecule has 1 aliphatic rings. The summed E-state index contributed by atoms with van der Waals surface area (Å²) in [5.41, 5.74) is 2.69. The molecule has 0 spiro atoms. The number of para-hydroxylation sites is 1. The van der Waals surface area contributed by atoms with Gasteiger partial charge in [0.1, 0.15) is 11.4 Å². The van der Waals surface area contributed by atoms with Crippen molar-refractivity contribution in [3.05, 3.63) is 41.5 Å². The molecule has 18 heavy (non-hydrogen) atoms. The summed E-state index contributed by atoms with van der Waals surface area (Å²) in [5.74, 6) is 1.07. The van der Waals surface area contributed by atoms with Crippen molar-refractivity contribution in [2.45, 2.75) is 49.6 Å². The van der Waals surface area contributed by atoms with E-state index in [1.807, 2.05) is 0 Å². The van der Waals surface area contributed by atoms with Crippen LogP contribution in [0.1, 0.15) is 39.2 Å². The van der Waals surface area contributed by atoms with Crippen LogP contribution in [0.25, 0.3) is 0 Å². The Morgan fingerprint density at radius 2 is 2.17 bits per heavy atom. The van der Waals surface area contributed by atoms with Crippen molar-refractivity contribution < 1.29 is 4.74 Å². The van der Waals surface area contributed by atoms with Crippen molar-refractivity contribution in [2.75, 3.05) is 0 Å². The molecule has 0 saturated heterocycles. The summed E-state index contributed by atoms with van der Waals surface area (Å²) in [4.78, 5) is 0. The van der Waals surface area contributed by atoms with Gasteiger partial charge in [0.05, 0.1) is 3.92 Å². The van der Waals surface area contributed by atoms with Gasteiger partial charge in [-0.15, -0.1) is 0 Å². The van der Waals surface area contributed by atoms with Gasteiger partial charge >= 0.3 is 0 Å². The maximum atomic E-state index is 6.28. The zero-order chi connectivity index (χ0) is 13.2. The van der Waals surface area contributed by atoms with E-state index in [-0.39, 0.29) is 5.60 Å². The lowest BCUT2D eigenvalue weighted by molar-refractivity contribution is 0.0686. The van der Waals surface area contributed by atoms with Crippen molar-refractivity contribution in [3.63, 3.8) is 0 Å². The van der Waals surface area contributed by atoms with E-state index in [0.717, 1.165) is 25.0 Å². The van der Waals surface area contributed by atoms with Crippen LogP contribution >= 0.6 is 22.6 Å². The number of alkyl halides is 1. The largest absolute Gasteiger partial charge is 0.486 e. The van der Waals surface area contributed by atoms with E-state index in [0.29, 0.717) is 3.92 Å². The fraction of sp³-hybridized carbons (Fsp3) is 0.500. The van der Waals surface area contributed by atoms with Gasteiger partial charge in [0, 0.05) is 0 Å². The molecule has 0 unspecified atom stereocenters. The minimum Gasteiger partial charge on any atom is -0.486 e. The standard InChI is InChI=1S/C16H21IO/c1-12(2)7-6-10-16(3)15(17)11-13-8-4-5-9-14(13)18-16/h4-5,7-9,15H,6,10-11H2,1-3H3/t15-,16+/m0/s1. The van der Waals surface area contributed by atoms with Crippen LogP contribution in [0.3, 0.4) is 0 Å². The highest BCUT2D eigenvalue weighted by molar-refractivity contribution is 14.1. The van der Waals surface area contributed by atoms with Gasteiger partial charge in [-0.3, -0.25) is 0 Å². The van der Waals surface area contributed by atoms with Crippen LogP contribution in [0.2, 0.25) is 0 Å². The normalized spacial score (nSPS) is 26.1. The van der Waals surface area contributed by atoms with E-state index in [1.54, 1.807) is 0 Å². The molecule has 1 aromatic rings. The summed E-state index contributed by atoms with van der Waals surface area (Å²) < 4.78 is 6.81. The van der Waals surface area contributed by atoms with Crippen molar-refractivity contribution in [2.24, 2.45) is 0 Å².